The van der Waals surface area contributed by atoms with Gasteiger partial charge in [-0.1, -0.05) is 54.6 Å². The Morgan fingerprint density at radius 2 is 1.71 bits per heavy atom. The summed E-state index contributed by atoms with van der Waals surface area (Å²) in [5.74, 6) is -0.440. The Labute approximate surface area is 197 Å². The zero-order valence-corrected chi connectivity index (χ0v) is 18.5. The highest BCUT2D eigenvalue weighted by Crippen LogP contribution is 2.22. The van der Waals surface area contributed by atoms with Gasteiger partial charge in [0.25, 0.3) is 11.8 Å². The molecule has 4 N–H and O–H groups in total. The van der Waals surface area contributed by atoms with Crippen molar-refractivity contribution in [2.75, 3.05) is 7.11 Å². The second kappa shape index (κ2) is 12.0. The molecule has 4 amide bonds. The number of carbonyl (C=O) groups is 3. The molecule has 34 heavy (non-hydrogen) atoms. The van der Waals surface area contributed by atoms with Crippen molar-refractivity contribution in [3.63, 3.8) is 0 Å². The predicted octanol–water partition coefficient (Wildman–Crippen LogP) is 3.64. The van der Waals surface area contributed by atoms with Crippen molar-refractivity contribution in [2.24, 2.45) is 0 Å². The zero-order valence-electron chi connectivity index (χ0n) is 18.5. The number of benzene rings is 3. The zero-order chi connectivity index (χ0) is 24.3. The highest BCUT2D eigenvalue weighted by Gasteiger charge is 2.18. The molecule has 3 rings (SSSR count). The third-order valence-corrected chi connectivity index (χ3v) is 5.02. The van der Waals surface area contributed by atoms with Crippen molar-refractivity contribution >= 4 is 23.9 Å². The number of imide groups is 1. The number of nitrogens with one attached hydrogen (secondary N) is 3. The van der Waals surface area contributed by atoms with Gasteiger partial charge in [0.05, 0.1) is 13.2 Å². The molecule has 0 bridgehead atoms. The molecule has 174 valence electrons. The van der Waals surface area contributed by atoms with Crippen LogP contribution in [0.15, 0.2) is 84.9 Å². The first kappa shape index (κ1) is 24.2. The maximum Gasteiger partial charge on any atom is 0.322 e. The molecule has 0 aliphatic rings. The maximum absolute atomic E-state index is 12.7. The normalized spacial score (nSPS) is 11.5. The van der Waals surface area contributed by atoms with Crippen LogP contribution in [0.25, 0.3) is 6.08 Å². The fourth-order valence-corrected chi connectivity index (χ4v) is 3.30. The number of rotatable bonds is 8. The highest BCUT2D eigenvalue weighted by atomic mass is 16.5. The number of hydrogen-bond donors (Lipinski definition) is 4. The third kappa shape index (κ3) is 7.04. The van der Waals surface area contributed by atoms with Gasteiger partial charge in [0, 0.05) is 11.6 Å². The molecule has 0 fully saturated rings. The molecule has 0 spiro atoms. The minimum atomic E-state index is -0.638. The van der Waals surface area contributed by atoms with Crippen LogP contribution in [0.1, 0.15) is 33.1 Å². The molecule has 0 aromatic heterocycles. The Bertz CT molecular complexity index is 1160. The van der Waals surface area contributed by atoms with E-state index in [4.69, 9.17) is 9.94 Å². The van der Waals surface area contributed by atoms with Crippen molar-refractivity contribution in [1.82, 2.24) is 16.1 Å². The van der Waals surface area contributed by atoms with Crippen molar-refractivity contribution < 1.29 is 24.3 Å². The van der Waals surface area contributed by atoms with Crippen LogP contribution in [0.5, 0.6) is 5.75 Å². The summed E-state index contributed by atoms with van der Waals surface area (Å²) in [6, 6.07) is 22.1. The standard InChI is InChI=1S/C26H25N3O5/c1-34-22-9-5-6-19(16-22)17-23(20-13-10-18(11-14-20)12-15-24(30)29-33)27-26(32)28-25(31)21-7-3-2-4-8-21/h2-16,23,33H,17H2,1H3,(H,29,30)(H2,27,28,31,32). The molecule has 0 saturated carbocycles. The van der Waals surface area contributed by atoms with Crippen LogP contribution in [0.2, 0.25) is 0 Å². The molecular weight excluding hydrogens is 434 g/mol. The van der Waals surface area contributed by atoms with Crippen LogP contribution in [-0.2, 0) is 11.2 Å². The SMILES string of the molecule is COc1cccc(CC(NC(=O)NC(=O)c2ccccc2)c2ccc(C=CC(=O)NO)cc2)c1. The molecule has 0 aliphatic carbocycles. The first-order valence-electron chi connectivity index (χ1n) is 10.5. The van der Waals surface area contributed by atoms with Gasteiger partial charge in [-0.25, -0.2) is 10.3 Å². The van der Waals surface area contributed by atoms with E-state index in [1.54, 1.807) is 55.7 Å². The highest BCUT2D eigenvalue weighted by molar-refractivity contribution is 6.04. The Morgan fingerprint density at radius 3 is 2.38 bits per heavy atom. The van der Waals surface area contributed by atoms with E-state index in [0.29, 0.717) is 17.7 Å². The van der Waals surface area contributed by atoms with E-state index < -0.39 is 23.9 Å². The second-order valence-corrected chi connectivity index (χ2v) is 7.38. The summed E-state index contributed by atoms with van der Waals surface area (Å²) in [7, 11) is 1.58. The van der Waals surface area contributed by atoms with Gasteiger partial charge in [-0.2, -0.15) is 0 Å². The second-order valence-electron chi connectivity index (χ2n) is 7.38. The first-order valence-corrected chi connectivity index (χ1v) is 10.5. The van der Waals surface area contributed by atoms with Gasteiger partial charge in [0.2, 0.25) is 0 Å². The smallest absolute Gasteiger partial charge is 0.322 e. The van der Waals surface area contributed by atoms with Crippen molar-refractivity contribution in [1.29, 1.82) is 0 Å². The quantitative estimate of drug-likeness (QED) is 0.233. The molecule has 3 aromatic carbocycles. The number of amides is 4. The Morgan fingerprint density at radius 1 is 0.971 bits per heavy atom. The van der Waals surface area contributed by atoms with Crippen molar-refractivity contribution in [3.8, 4) is 5.75 Å². The lowest BCUT2D eigenvalue weighted by atomic mass is 9.97. The molecule has 8 nitrogen and oxygen atoms in total. The summed E-state index contributed by atoms with van der Waals surface area (Å²) in [5.41, 5.74) is 4.38. The van der Waals surface area contributed by atoms with E-state index >= 15 is 0 Å². The summed E-state index contributed by atoms with van der Waals surface area (Å²) in [6.45, 7) is 0. The average molecular weight is 460 g/mol. The fraction of sp³-hybridized carbons (Fsp3) is 0.115. The van der Waals surface area contributed by atoms with Crippen molar-refractivity contribution in [3.05, 3.63) is 107 Å². The van der Waals surface area contributed by atoms with Crippen LogP contribution < -0.4 is 20.9 Å². The van der Waals surface area contributed by atoms with Gasteiger partial charge in [0.15, 0.2) is 0 Å². The maximum atomic E-state index is 12.7. The molecule has 8 heteroatoms. The molecular formula is C26H25N3O5. The molecule has 0 saturated heterocycles. The van der Waals surface area contributed by atoms with E-state index in [9.17, 15) is 14.4 Å². The first-order chi connectivity index (χ1) is 16.5. The summed E-state index contributed by atoms with van der Waals surface area (Å²) >= 11 is 0. The summed E-state index contributed by atoms with van der Waals surface area (Å²) in [4.78, 5) is 36.2. The minimum absolute atomic E-state index is 0.380. The van der Waals surface area contributed by atoms with E-state index in [1.165, 1.54) is 11.6 Å². The van der Waals surface area contributed by atoms with Crippen LogP contribution in [0, 0.1) is 0 Å². The molecule has 3 aromatic rings. The van der Waals surface area contributed by atoms with Gasteiger partial charge in [-0.05, 0) is 53.5 Å². The van der Waals surface area contributed by atoms with Crippen LogP contribution >= 0.6 is 0 Å². The number of hydrogen-bond acceptors (Lipinski definition) is 5. The Hall–Kier alpha value is -4.43. The summed E-state index contributed by atoms with van der Waals surface area (Å²) in [6.07, 6.45) is 3.20. The largest absolute Gasteiger partial charge is 0.497 e. The molecule has 0 aliphatic heterocycles. The van der Waals surface area contributed by atoms with Crippen LogP contribution in [0.4, 0.5) is 4.79 Å². The van der Waals surface area contributed by atoms with E-state index in [2.05, 4.69) is 10.6 Å². The lowest BCUT2D eigenvalue weighted by Crippen LogP contribution is -2.41. The lowest BCUT2D eigenvalue weighted by Gasteiger charge is -2.20. The third-order valence-electron chi connectivity index (χ3n) is 5.02. The van der Waals surface area contributed by atoms with Gasteiger partial charge in [0.1, 0.15) is 5.75 Å². The van der Waals surface area contributed by atoms with Gasteiger partial charge < -0.3 is 10.1 Å². The molecule has 0 heterocycles. The number of urea groups is 1. The van der Waals surface area contributed by atoms with Crippen LogP contribution in [-0.4, -0.2) is 30.2 Å². The number of methoxy groups -OCH3 is 1. The lowest BCUT2D eigenvalue weighted by molar-refractivity contribution is -0.124. The minimum Gasteiger partial charge on any atom is -0.497 e. The fourth-order valence-electron chi connectivity index (χ4n) is 3.30. The van der Waals surface area contributed by atoms with E-state index in [-0.39, 0.29) is 0 Å². The predicted molar refractivity (Wildman–Crippen MR) is 127 cm³/mol. The topological polar surface area (TPSA) is 117 Å². The molecule has 1 unspecified atom stereocenters. The number of ether oxygens (including phenoxy) is 1. The van der Waals surface area contributed by atoms with E-state index in [1.807, 2.05) is 36.4 Å². The van der Waals surface area contributed by atoms with Crippen molar-refractivity contribution in [2.45, 2.75) is 12.5 Å². The van der Waals surface area contributed by atoms with Gasteiger partial charge >= 0.3 is 6.03 Å². The van der Waals surface area contributed by atoms with Gasteiger partial charge in [-0.15, -0.1) is 0 Å². The Kier molecular flexibility index (Phi) is 8.54. The summed E-state index contributed by atoms with van der Waals surface area (Å²) < 4.78 is 5.29. The Balaban J connectivity index is 1.78. The summed E-state index contributed by atoms with van der Waals surface area (Å²) in [5, 5.41) is 13.8. The average Bonchev–Trinajstić information content (AvgIpc) is 2.87. The van der Waals surface area contributed by atoms with Gasteiger partial charge in [-0.3, -0.25) is 20.1 Å². The number of hydroxylamine groups is 1. The monoisotopic (exact) mass is 459 g/mol. The number of carbonyl (C=O) groups excluding carboxylic acids is 3. The van der Waals surface area contributed by atoms with E-state index in [0.717, 1.165) is 16.7 Å². The van der Waals surface area contributed by atoms with Crippen LogP contribution in [0.3, 0.4) is 0 Å². The molecule has 0 radical (unpaired) electrons. The molecule has 1 atom stereocenters.